The van der Waals surface area contributed by atoms with E-state index in [1.165, 1.54) is 38.5 Å². The fourth-order valence-electron chi connectivity index (χ4n) is 5.57. The Morgan fingerprint density at radius 2 is 0.860 bits per heavy atom. The molecule has 3 fully saturated rings. The average molecular weight is 710 g/mol. The average Bonchev–Trinajstić information content (AvgIpc) is 3.89. The van der Waals surface area contributed by atoms with Gasteiger partial charge in [0.1, 0.15) is 18.3 Å². The van der Waals surface area contributed by atoms with Gasteiger partial charge in [-0.1, -0.05) is 59.8 Å². The predicted octanol–water partition coefficient (Wildman–Crippen LogP) is 8.13. The van der Waals surface area contributed by atoms with Crippen molar-refractivity contribution in [1.29, 1.82) is 0 Å². The van der Waals surface area contributed by atoms with Gasteiger partial charge in [-0.25, -0.2) is 0 Å². The summed E-state index contributed by atoms with van der Waals surface area (Å²) in [6, 6.07) is 0. The first-order valence-electron chi connectivity index (χ1n) is 20.0. The highest BCUT2D eigenvalue weighted by Crippen LogP contribution is 2.41. The molecule has 0 saturated heterocycles. The molecule has 294 valence electrons. The minimum absolute atomic E-state index is 0.0463. The van der Waals surface area contributed by atoms with Crippen LogP contribution in [-0.2, 0) is 28.6 Å². The van der Waals surface area contributed by atoms with E-state index in [0.29, 0.717) is 37.6 Å². The fraction of sp³-hybridized carbons (Fsp3) is 0.927. The lowest BCUT2D eigenvalue weighted by atomic mass is 9.81. The number of nitrogens with one attached hydrogen (secondary N) is 3. The van der Waals surface area contributed by atoms with Crippen molar-refractivity contribution in [3.8, 4) is 0 Å². The molecule has 0 aromatic heterocycles. The molecule has 3 rings (SSSR count). The standard InChI is InChI=1S/2C14H27NO2.C13H25NO2/c1-6-7-17-12(9-11-8-10(11)2)13(16)15-14(3,4)5;1-5-9-17-12(10-11-7-6-8-11)13(16)15-14(2,3)4;1-5-8-16-11(9-10-6-7-10)12(15)14-13(2,3)4/h10-12H,6-9H2,1-5H3,(H,15,16);11-12H,5-10H2,1-4H3,(H,15,16);10-11H,5-9H2,1-4H3,(H,14,15). The van der Waals surface area contributed by atoms with Gasteiger partial charge in [0.2, 0.25) is 17.7 Å². The van der Waals surface area contributed by atoms with Gasteiger partial charge in [-0.2, -0.15) is 0 Å². The molecule has 50 heavy (non-hydrogen) atoms. The van der Waals surface area contributed by atoms with Gasteiger partial charge in [0.25, 0.3) is 0 Å². The van der Waals surface area contributed by atoms with E-state index < -0.39 is 0 Å². The molecule has 5 unspecified atom stereocenters. The van der Waals surface area contributed by atoms with Crippen LogP contribution < -0.4 is 16.0 Å². The van der Waals surface area contributed by atoms with Crippen LogP contribution in [0.15, 0.2) is 0 Å². The van der Waals surface area contributed by atoms with Crippen molar-refractivity contribution < 1.29 is 28.6 Å². The minimum atomic E-state index is -0.260. The smallest absolute Gasteiger partial charge is 0.249 e. The van der Waals surface area contributed by atoms with Gasteiger partial charge in [-0.05, 0) is 131 Å². The molecule has 3 amide bonds. The third-order valence-electron chi connectivity index (χ3n) is 8.75. The van der Waals surface area contributed by atoms with Crippen LogP contribution in [0.3, 0.4) is 0 Å². The largest absolute Gasteiger partial charge is 0.368 e. The second-order valence-corrected chi connectivity index (χ2v) is 18.2. The van der Waals surface area contributed by atoms with E-state index in [1.54, 1.807) is 0 Å². The Bertz CT molecular complexity index is 932. The first-order valence-corrected chi connectivity index (χ1v) is 20.0. The maximum Gasteiger partial charge on any atom is 0.249 e. The summed E-state index contributed by atoms with van der Waals surface area (Å²) in [5.74, 6) is 3.01. The monoisotopic (exact) mass is 710 g/mol. The first kappa shape index (κ1) is 46.3. The zero-order valence-electron chi connectivity index (χ0n) is 34.6. The molecule has 3 N–H and O–H groups in total. The van der Waals surface area contributed by atoms with Crippen LogP contribution in [-0.4, -0.2) is 72.5 Å². The van der Waals surface area contributed by atoms with Crippen molar-refractivity contribution in [3.63, 3.8) is 0 Å². The highest BCUT2D eigenvalue weighted by atomic mass is 16.5. The van der Waals surface area contributed by atoms with E-state index >= 15 is 0 Å². The van der Waals surface area contributed by atoms with Gasteiger partial charge in [0, 0.05) is 36.4 Å². The molecule has 0 aromatic rings. The van der Waals surface area contributed by atoms with Crippen LogP contribution in [0.1, 0.15) is 167 Å². The summed E-state index contributed by atoms with van der Waals surface area (Å²) in [5, 5.41) is 9.03. The normalized spacial score (nSPS) is 20.8. The minimum Gasteiger partial charge on any atom is -0.368 e. The lowest BCUT2D eigenvalue weighted by Gasteiger charge is -2.31. The number of ether oxygens (including phenoxy) is 3. The van der Waals surface area contributed by atoms with Crippen molar-refractivity contribution in [3.05, 3.63) is 0 Å². The number of hydrogen-bond acceptors (Lipinski definition) is 6. The van der Waals surface area contributed by atoms with Crippen molar-refractivity contribution in [2.75, 3.05) is 19.8 Å². The highest BCUT2D eigenvalue weighted by molar-refractivity contribution is 5.82. The summed E-state index contributed by atoms with van der Waals surface area (Å²) >= 11 is 0. The molecule has 9 nitrogen and oxygen atoms in total. The summed E-state index contributed by atoms with van der Waals surface area (Å²) in [5.41, 5.74) is -0.529. The Balaban J connectivity index is 0.000000375. The summed E-state index contributed by atoms with van der Waals surface area (Å²) in [6.45, 7) is 28.5. The molecule has 3 aliphatic rings. The molecule has 0 aliphatic heterocycles. The lowest BCUT2D eigenvalue weighted by Crippen LogP contribution is -2.47. The maximum absolute atomic E-state index is 12.1. The first-order chi connectivity index (χ1) is 23.2. The number of carbonyl (C=O) groups is 3. The maximum atomic E-state index is 12.1. The highest BCUT2D eigenvalue weighted by Gasteiger charge is 2.37. The Labute approximate surface area is 307 Å². The Hall–Kier alpha value is -1.71. The van der Waals surface area contributed by atoms with Crippen LogP contribution >= 0.6 is 0 Å². The number of rotatable bonds is 18. The zero-order valence-corrected chi connectivity index (χ0v) is 34.6. The second-order valence-electron chi connectivity index (χ2n) is 18.2. The molecule has 0 spiro atoms. The third kappa shape index (κ3) is 23.0. The van der Waals surface area contributed by atoms with Gasteiger partial charge in [-0.15, -0.1) is 0 Å². The van der Waals surface area contributed by atoms with Gasteiger partial charge in [0.15, 0.2) is 0 Å². The molecular formula is C41H79N3O6. The Morgan fingerprint density at radius 1 is 0.560 bits per heavy atom. The van der Waals surface area contributed by atoms with E-state index in [1.807, 2.05) is 62.3 Å². The summed E-state index contributed by atoms with van der Waals surface area (Å²) in [7, 11) is 0. The van der Waals surface area contributed by atoms with Crippen LogP contribution in [0.4, 0.5) is 0 Å². The Morgan fingerprint density at radius 3 is 1.08 bits per heavy atom. The number of hydrogen-bond donors (Lipinski definition) is 3. The van der Waals surface area contributed by atoms with Crippen LogP contribution in [0, 0.1) is 23.7 Å². The molecule has 0 radical (unpaired) electrons. The summed E-state index contributed by atoms with van der Waals surface area (Å²) < 4.78 is 17.0. The number of carbonyl (C=O) groups excluding carboxylic acids is 3. The molecule has 3 saturated carbocycles. The van der Waals surface area contributed by atoms with Gasteiger partial charge >= 0.3 is 0 Å². The molecule has 0 heterocycles. The lowest BCUT2D eigenvalue weighted by molar-refractivity contribution is -0.136. The van der Waals surface area contributed by atoms with Crippen LogP contribution in [0.25, 0.3) is 0 Å². The van der Waals surface area contributed by atoms with E-state index in [9.17, 15) is 14.4 Å². The van der Waals surface area contributed by atoms with E-state index in [4.69, 9.17) is 14.2 Å². The van der Waals surface area contributed by atoms with Gasteiger partial charge < -0.3 is 30.2 Å². The van der Waals surface area contributed by atoms with E-state index in [-0.39, 0.29) is 52.7 Å². The molecule has 3 aliphatic carbocycles. The molecule has 0 aromatic carbocycles. The topological polar surface area (TPSA) is 115 Å². The van der Waals surface area contributed by atoms with E-state index in [0.717, 1.165) is 44.4 Å². The quantitative estimate of drug-likeness (QED) is 0.132. The third-order valence-corrected chi connectivity index (χ3v) is 8.75. The second kappa shape index (κ2) is 22.4. The predicted molar refractivity (Wildman–Crippen MR) is 205 cm³/mol. The SMILES string of the molecule is CCCOC(CC1CC1)C(=O)NC(C)(C)C.CCCOC(CC1CC1C)C(=O)NC(C)(C)C.CCCOC(CC1CCC1)C(=O)NC(C)(C)C. The molecular weight excluding hydrogens is 630 g/mol. The van der Waals surface area contributed by atoms with Gasteiger partial charge in [0.05, 0.1) is 0 Å². The van der Waals surface area contributed by atoms with Crippen LogP contribution in [0.2, 0.25) is 0 Å². The van der Waals surface area contributed by atoms with E-state index in [2.05, 4.69) is 43.6 Å². The van der Waals surface area contributed by atoms with Crippen molar-refractivity contribution in [1.82, 2.24) is 16.0 Å². The molecule has 0 bridgehead atoms. The molecule has 9 heteroatoms. The van der Waals surface area contributed by atoms with Crippen molar-refractivity contribution in [2.45, 2.75) is 202 Å². The van der Waals surface area contributed by atoms with Gasteiger partial charge in [-0.3, -0.25) is 14.4 Å². The summed E-state index contributed by atoms with van der Waals surface area (Å²) in [6.07, 6.45) is 12.4. The summed E-state index contributed by atoms with van der Waals surface area (Å²) in [4.78, 5) is 36.2. The zero-order chi connectivity index (χ0) is 38.1. The van der Waals surface area contributed by atoms with Crippen molar-refractivity contribution in [2.24, 2.45) is 23.7 Å². The fourth-order valence-corrected chi connectivity index (χ4v) is 5.57. The van der Waals surface area contributed by atoms with Crippen LogP contribution in [0.5, 0.6) is 0 Å². The van der Waals surface area contributed by atoms with Crippen molar-refractivity contribution >= 4 is 17.7 Å². The Kier molecular flexibility index (Phi) is 20.7. The molecule has 5 atom stereocenters. The number of amides is 3.